The van der Waals surface area contributed by atoms with E-state index in [0.29, 0.717) is 19.6 Å². The quantitative estimate of drug-likeness (QED) is 0.850. The van der Waals surface area contributed by atoms with Crippen LogP contribution in [0.5, 0.6) is 0 Å². The fourth-order valence-corrected chi connectivity index (χ4v) is 2.12. The van der Waals surface area contributed by atoms with Crippen molar-refractivity contribution in [2.24, 2.45) is 0 Å². The van der Waals surface area contributed by atoms with Gasteiger partial charge in [-0.2, -0.15) is 5.10 Å². The summed E-state index contributed by atoms with van der Waals surface area (Å²) in [6, 6.07) is 8.13. The summed E-state index contributed by atoms with van der Waals surface area (Å²) in [6.07, 6.45) is 0.0432. The molecule has 1 atom stereocenters. The summed E-state index contributed by atoms with van der Waals surface area (Å²) in [5, 5.41) is 15.6. The zero-order valence-electron chi connectivity index (χ0n) is 11.0. The highest BCUT2D eigenvalue weighted by Gasteiger charge is 2.13. The van der Waals surface area contributed by atoms with Crippen molar-refractivity contribution in [2.75, 3.05) is 13.2 Å². The Hall–Kier alpha value is -1.39. The Morgan fingerprint density at radius 1 is 1.33 bits per heavy atom. The van der Waals surface area contributed by atoms with Crippen molar-refractivity contribution in [1.82, 2.24) is 9.78 Å². The third-order valence-corrected chi connectivity index (χ3v) is 2.98. The predicted octanol–water partition coefficient (Wildman–Crippen LogP) is 2.00. The molecule has 0 spiro atoms. The molecule has 0 saturated carbocycles. The van der Waals surface area contributed by atoms with E-state index >= 15 is 0 Å². The maximum atomic E-state index is 9.90. The molecule has 2 rings (SSSR count). The number of aromatic nitrogens is 2. The molecule has 0 radical (unpaired) electrons. The van der Waals surface area contributed by atoms with Gasteiger partial charge in [0.15, 0.2) is 0 Å². The molecule has 0 aliphatic heterocycles. The molecule has 0 aliphatic carbocycles. The maximum Gasteiger partial charge on any atom is 0.0829 e. The van der Waals surface area contributed by atoms with Gasteiger partial charge in [-0.15, -0.1) is 0 Å². The average molecular weight is 248 g/mol. The highest BCUT2D eigenvalue weighted by Crippen LogP contribution is 2.19. The van der Waals surface area contributed by atoms with Gasteiger partial charge in [-0.25, -0.2) is 0 Å². The van der Waals surface area contributed by atoms with Crippen LogP contribution in [-0.2, 0) is 17.7 Å². The lowest BCUT2D eigenvalue weighted by Crippen LogP contribution is -2.18. The summed E-state index contributed by atoms with van der Waals surface area (Å²) in [7, 11) is 0. The van der Waals surface area contributed by atoms with Crippen molar-refractivity contribution in [3.63, 3.8) is 0 Å². The minimum atomic E-state index is -0.492. The Morgan fingerprint density at radius 2 is 2.11 bits per heavy atom. The summed E-state index contributed by atoms with van der Waals surface area (Å²) in [6.45, 7) is 5.82. The average Bonchev–Trinajstić information content (AvgIpc) is 2.75. The van der Waals surface area contributed by atoms with E-state index in [0.717, 1.165) is 23.1 Å². The fourth-order valence-electron chi connectivity index (χ4n) is 2.12. The first-order valence-electron chi connectivity index (χ1n) is 6.46. The van der Waals surface area contributed by atoms with Crippen LogP contribution in [0.2, 0.25) is 0 Å². The van der Waals surface area contributed by atoms with Crippen LogP contribution in [0.25, 0.3) is 10.9 Å². The van der Waals surface area contributed by atoms with E-state index < -0.39 is 6.10 Å². The van der Waals surface area contributed by atoms with Gasteiger partial charge >= 0.3 is 0 Å². The van der Waals surface area contributed by atoms with Gasteiger partial charge in [0, 0.05) is 25.0 Å². The molecule has 1 unspecified atom stereocenters. The monoisotopic (exact) mass is 248 g/mol. The molecule has 1 aromatic heterocycles. The summed E-state index contributed by atoms with van der Waals surface area (Å²) in [5.74, 6) is 0. The lowest BCUT2D eigenvalue weighted by Gasteiger charge is -2.08. The van der Waals surface area contributed by atoms with Crippen LogP contribution in [-0.4, -0.2) is 34.2 Å². The van der Waals surface area contributed by atoms with E-state index in [-0.39, 0.29) is 0 Å². The van der Waals surface area contributed by atoms with Gasteiger partial charge in [0.2, 0.25) is 0 Å². The molecule has 2 aromatic rings. The molecule has 1 heterocycles. The van der Waals surface area contributed by atoms with Crippen molar-refractivity contribution < 1.29 is 9.84 Å². The second-order valence-corrected chi connectivity index (χ2v) is 4.30. The van der Waals surface area contributed by atoms with E-state index in [1.807, 2.05) is 23.7 Å². The number of aliphatic hydroxyl groups is 1. The first kappa shape index (κ1) is 13.1. The Labute approximate surface area is 107 Å². The number of fused-ring (bicyclic) bond motifs is 1. The van der Waals surface area contributed by atoms with Crippen molar-refractivity contribution in [3.8, 4) is 0 Å². The van der Waals surface area contributed by atoms with Crippen LogP contribution in [0, 0.1) is 0 Å². The third-order valence-electron chi connectivity index (χ3n) is 2.98. The van der Waals surface area contributed by atoms with E-state index in [1.165, 1.54) is 0 Å². The van der Waals surface area contributed by atoms with Crippen molar-refractivity contribution >= 4 is 10.9 Å². The molecule has 4 nitrogen and oxygen atoms in total. The largest absolute Gasteiger partial charge is 0.390 e. The lowest BCUT2D eigenvalue weighted by molar-refractivity contribution is 0.0426. The summed E-state index contributed by atoms with van der Waals surface area (Å²) < 4.78 is 7.20. The van der Waals surface area contributed by atoms with Crippen LogP contribution in [0.3, 0.4) is 0 Å². The molecule has 1 aromatic carbocycles. The Balaban J connectivity index is 2.22. The molecule has 0 fully saturated rings. The van der Waals surface area contributed by atoms with Gasteiger partial charge in [0.25, 0.3) is 0 Å². The summed E-state index contributed by atoms with van der Waals surface area (Å²) in [4.78, 5) is 0. The number of benzene rings is 1. The normalized spacial score (nSPS) is 13.1. The molecule has 0 amide bonds. The van der Waals surface area contributed by atoms with Crippen LogP contribution in [0.1, 0.15) is 19.5 Å². The molecular formula is C14H20N2O2. The van der Waals surface area contributed by atoms with E-state index in [4.69, 9.17) is 4.74 Å². The zero-order valence-corrected chi connectivity index (χ0v) is 11.0. The number of aliphatic hydroxyl groups excluding tert-OH is 1. The highest BCUT2D eigenvalue weighted by molar-refractivity contribution is 5.81. The Bertz CT molecular complexity index is 507. The van der Waals surface area contributed by atoms with Gasteiger partial charge < -0.3 is 9.84 Å². The van der Waals surface area contributed by atoms with Crippen molar-refractivity contribution in [2.45, 2.75) is 32.9 Å². The minimum absolute atomic E-state index is 0.365. The molecule has 0 bridgehead atoms. The van der Waals surface area contributed by atoms with Gasteiger partial charge in [-0.1, -0.05) is 18.2 Å². The first-order chi connectivity index (χ1) is 8.76. The SMILES string of the molecule is CCOCC(O)Cc1nn(CC)c2ccccc12. The smallest absolute Gasteiger partial charge is 0.0829 e. The maximum absolute atomic E-state index is 9.90. The number of rotatable bonds is 6. The van der Waals surface area contributed by atoms with E-state index in [2.05, 4.69) is 24.2 Å². The molecule has 0 saturated heterocycles. The van der Waals surface area contributed by atoms with Gasteiger partial charge in [-0.3, -0.25) is 4.68 Å². The van der Waals surface area contributed by atoms with Gasteiger partial charge in [-0.05, 0) is 19.9 Å². The second kappa shape index (κ2) is 5.98. The molecular weight excluding hydrogens is 228 g/mol. The third kappa shape index (κ3) is 2.71. The van der Waals surface area contributed by atoms with Crippen molar-refractivity contribution in [1.29, 1.82) is 0 Å². The molecule has 4 heteroatoms. The zero-order chi connectivity index (χ0) is 13.0. The van der Waals surface area contributed by atoms with Gasteiger partial charge in [0.1, 0.15) is 0 Å². The number of hydrogen-bond donors (Lipinski definition) is 1. The number of ether oxygens (including phenoxy) is 1. The number of nitrogens with zero attached hydrogens (tertiary/aromatic N) is 2. The lowest BCUT2D eigenvalue weighted by atomic mass is 10.1. The minimum Gasteiger partial charge on any atom is -0.390 e. The standard InChI is InChI=1S/C14H20N2O2/c1-3-16-14-8-6-5-7-12(14)13(15-16)9-11(17)10-18-4-2/h5-8,11,17H,3-4,9-10H2,1-2H3. The molecule has 18 heavy (non-hydrogen) atoms. The fraction of sp³-hybridized carbons (Fsp3) is 0.500. The molecule has 0 aliphatic rings. The summed E-state index contributed by atoms with van der Waals surface area (Å²) in [5.41, 5.74) is 2.07. The number of aryl methyl sites for hydroxylation is 1. The van der Waals surface area contributed by atoms with Crippen LogP contribution >= 0.6 is 0 Å². The predicted molar refractivity (Wildman–Crippen MR) is 71.6 cm³/mol. The second-order valence-electron chi connectivity index (χ2n) is 4.30. The van der Waals surface area contributed by atoms with Gasteiger partial charge in [0.05, 0.1) is 23.9 Å². The van der Waals surface area contributed by atoms with Crippen molar-refractivity contribution in [3.05, 3.63) is 30.0 Å². The van der Waals surface area contributed by atoms with Crippen LogP contribution < -0.4 is 0 Å². The van der Waals surface area contributed by atoms with E-state index in [1.54, 1.807) is 0 Å². The number of hydrogen-bond acceptors (Lipinski definition) is 3. The highest BCUT2D eigenvalue weighted by atomic mass is 16.5. The van der Waals surface area contributed by atoms with E-state index in [9.17, 15) is 5.11 Å². The van der Waals surface area contributed by atoms with Crippen LogP contribution in [0.4, 0.5) is 0 Å². The Kier molecular flexibility index (Phi) is 4.33. The Morgan fingerprint density at radius 3 is 2.83 bits per heavy atom. The molecule has 98 valence electrons. The number of para-hydroxylation sites is 1. The summed E-state index contributed by atoms with van der Waals surface area (Å²) >= 11 is 0. The topological polar surface area (TPSA) is 47.3 Å². The molecule has 1 N–H and O–H groups in total. The van der Waals surface area contributed by atoms with Crippen LogP contribution in [0.15, 0.2) is 24.3 Å². The first-order valence-corrected chi connectivity index (χ1v) is 6.46.